The summed E-state index contributed by atoms with van der Waals surface area (Å²) in [7, 11) is 0.548. The molecule has 0 amide bonds. The lowest BCUT2D eigenvalue weighted by atomic mass is 10.4. The van der Waals surface area contributed by atoms with Crippen molar-refractivity contribution in [3.63, 3.8) is 0 Å². The maximum Gasteiger partial charge on any atom is 0.244 e. The van der Waals surface area contributed by atoms with Gasteiger partial charge in [-0.15, -0.1) is 0 Å². The average Bonchev–Trinajstić information content (AvgIpc) is 2.66. The van der Waals surface area contributed by atoms with Crippen molar-refractivity contribution in [1.82, 2.24) is 19.1 Å². The molecule has 0 atom stereocenters. The molecule has 1 fully saturated rings. The SMILES string of the molecule is CCNCc1cc(S(=O)(=O)N2CCCN(C)CC2)cn1C. The summed E-state index contributed by atoms with van der Waals surface area (Å²) >= 11 is 0. The number of hydrogen-bond acceptors (Lipinski definition) is 4. The van der Waals surface area contributed by atoms with Crippen molar-refractivity contribution in [3.8, 4) is 0 Å². The topological polar surface area (TPSA) is 57.6 Å². The van der Waals surface area contributed by atoms with Crippen molar-refractivity contribution in [2.24, 2.45) is 7.05 Å². The van der Waals surface area contributed by atoms with Crippen LogP contribution in [0, 0.1) is 0 Å². The van der Waals surface area contributed by atoms with Crippen LogP contribution in [0.3, 0.4) is 0 Å². The first kappa shape index (κ1) is 16.5. The Kier molecular flexibility index (Phi) is 5.43. The molecular weight excluding hydrogens is 288 g/mol. The molecular formula is C14H26N4O2S. The Hall–Kier alpha value is -0.890. The first-order chi connectivity index (χ1) is 9.95. The van der Waals surface area contributed by atoms with E-state index < -0.39 is 10.0 Å². The van der Waals surface area contributed by atoms with Gasteiger partial charge in [0.25, 0.3) is 0 Å². The Bertz CT molecular complexity index is 568. The lowest BCUT2D eigenvalue weighted by molar-refractivity contribution is 0.347. The Morgan fingerprint density at radius 3 is 2.67 bits per heavy atom. The van der Waals surface area contributed by atoms with Gasteiger partial charge in [0.05, 0.1) is 0 Å². The summed E-state index contributed by atoms with van der Waals surface area (Å²) in [4.78, 5) is 2.58. The fraction of sp³-hybridized carbons (Fsp3) is 0.714. The maximum absolute atomic E-state index is 12.8. The summed E-state index contributed by atoms with van der Waals surface area (Å²) in [6.07, 6.45) is 2.60. The summed E-state index contributed by atoms with van der Waals surface area (Å²) < 4.78 is 29.0. The zero-order chi connectivity index (χ0) is 15.5. The summed E-state index contributed by atoms with van der Waals surface area (Å²) in [6, 6.07) is 1.78. The summed E-state index contributed by atoms with van der Waals surface area (Å²) in [5.41, 5.74) is 0.988. The first-order valence-corrected chi connectivity index (χ1v) is 8.94. The number of nitrogens with one attached hydrogen (secondary N) is 1. The van der Waals surface area contributed by atoms with E-state index in [1.165, 1.54) is 0 Å². The molecule has 1 aliphatic heterocycles. The highest BCUT2D eigenvalue weighted by Gasteiger charge is 2.27. The zero-order valence-electron chi connectivity index (χ0n) is 13.2. The van der Waals surface area contributed by atoms with Crippen LogP contribution in [0.5, 0.6) is 0 Å². The van der Waals surface area contributed by atoms with Crippen molar-refractivity contribution < 1.29 is 8.42 Å². The van der Waals surface area contributed by atoms with Crippen LogP contribution in [0.25, 0.3) is 0 Å². The van der Waals surface area contributed by atoms with Gasteiger partial charge in [0.1, 0.15) is 4.90 Å². The second-order valence-electron chi connectivity index (χ2n) is 5.62. The van der Waals surface area contributed by atoms with Gasteiger partial charge in [-0.3, -0.25) is 0 Å². The van der Waals surface area contributed by atoms with Crippen LogP contribution in [0.4, 0.5) is 0 Å². The van der Waals surface area contributed by atoms with Gasteiger partial charge >= 0.3 is 0 Å². The number of sulfonamides is 1. The third-order valence-electron chi connectivity index (χ3n) is 3.96. The normalized spacial score (nSPS) is 18.8. The van der Waals surface area contributed by atoms with E-state index in [2.05, 4.69) is 10.2 Å². The third kappa shape index (κ3) is 3.85. The summed E-state index contributed by atoms with van der Waals surface area (Å²) in [6.45, 7) is 6.49. The Balaban J connectivity index is 2.18. The van der Waals surface area contributed by atoms with E-state index >= 15 is 0 Å². The number of aryl methyl sites for hydroxylation is 1. The molecule has 2 rings (SSSR count). The molecule has 1 aromatic rings. The van der Waals surface area contributed by atoms with Crippen molar-refractivity contribution in [1.29, 1.82) is 0 Å². The highest BCUT2D eigenvalue weighted by atomic mass is 32.2. The van der Waals surface area contributed by atoms with Gasteiger partial charge in [-0.1, -0.05) is 6.92 Å². The molecule has 6 nitrogen and oxygen atoms in total. The Morgan fingerprint density at radius 1 is 1.19 bits per heavy atom. The molecule has 1 saturated heterocycles. The summed E-state index contributed by atoms with van der Waals surface area (Å²) in [5, 5.41) is 3.23. The molecule has 0 unspecified atom stereocenters. The van der Waals surface area contributed by atoms with Crippen LogP contribution < -0.4 is 5.32 Å². The van der Waals surface area contributed by atoms with Gasteiger partial charge in [-0.05, 0) is 32.6 Å². The predicted molar refractivity (Wildman–Crippen MR) is 83.7 cm³/mol. The van der Waals surface area contributed by atoms with Crippen LogP contribution in [-0.4, -0.2) is 62.0 Å². The van der Waals surface area contributed by atoms with Crippen molar-refractivity contribution in [3.05, 3.63) is 18.0 Å². The molecule has 120 valence electrons. The molecule has 0 spiro atoms. The number of rotatable bonds is 5. The Morgan fingerprint density at radius 2 is 1.95 bits per heavy atom. The smallest absolute Gasteiger partial charge is 0.244 e. The molecule has 7 heteroatoms. The largest absolute Gasteiger partial charge is 0.352 e. The fourth-order valence-corrected chi connectivity index (χ4v) is 4.13. The second kappa shape index (κ2) is 6.91. The Labute approximate surface area is 127 Å². The number of likely N-dealkylation sites (N-methyl/N-ethyl adjacent to an activating group) is 1. The number of nitrogens with zero attached hydrogens (tertiary/aromatic N) is 3. The standard InChI is InChI=1S/C14H26N4O2S/c1-4-15-11-13-10-14(12-17(13)3)21(19,20)18-7-5-6-16(2)8-9-18/h10,12,15H,4-9,11H2,1-3H3. The van der Waals surface area contributed by atoms with Gasteiger partial charge < -0.3 is 14.8 Å². The number of hydrogen-bond donors (Lipinski definition) is 1. The quantitative estimate of drug-likeness (QED) is 0.858. The molecule has 1 N–H and O–H groups in total. The van der Waals surface area contributed by atoms with Crippen molar-refractivity contribution in [2.75, 3.05) is 39.8 Å². The average molecular weight is 314 g/mol. The van der Waals surface area contributed by atoms with Crippen LogP contribution in [0.2, 0.25) is 0 Å². The van der Waals surface area contributed by atoms with E-state index in [1.54, 1.807) is 16.6 Å². The molecule has 21 heavy (non-hydrogen) atoms. The van der Waals surface area contributed by atoms with E-state index in [1.807, 2.05) is 25.6 Å². The highest BCUT2D eigenvalue weighted by molar-refractivity contribution is 7.89. The third-order valence-corrected chi connectivity index (χ3v) is 5.82. The minimum absolute atomic E-state index is 0.405. The lowest BCUT2D eigenvalue weighted by Gasteiger charge is -2.19. The highest BCUT2D eigenvalue weighted by Crippen LogP contribution is 2.20. The second-order valence-corrected chi connectivity index (χ2v) is 7.56. The molecule has 1 aliphatic rings. The van der Waals surface area contributed by atoms with Crippen LogP contribution in [0.1, 0.15) is 19.0 Å². The van der Waals surface area contributed by atoms with Crippen LogP contribution in [-0.2, 0) is 23.6 Å². The van der Waals surface area contributed by atoms with Gasteiger partial charge in [-0.25, -0.2) is 8.42 Å². The van der Waals surface area contributed by atoms with Gasteiger partial charge in [0.15, 0.2) is 0 Å². The predicted octanol–water partition coefficient (Wildman–Crippen LogP) is 0.461. The monoisotopic (exact) mass is 314 g/mol. The first-order valence-electron chi connectivity index (χ1n) is 7.49. The molecule has 1 aromatic heterocycles. The maximum atomic E-state index is 12.8. The van der Waals surface area contributed by atoms with Crippen LogP contribution in [0.15, 0.2) is 17.2 Å². The van der Waals surface area contributed by atoms with E-state index in [0.717, 1.165) is 31.7 Å². The van der Waals surface area contributed by atoms with E-state index in [4.69, 9.17) is 0 Å². The minimum Gasteiger partial charge on any atom is -0.352 e. The molecule has 0 radical (unpaired) electrons. The van der Waals surface area contributed by atoms with Gasteiger partial charge in [0.2, 0.25) is 10.0 Å². The zero-order valence-corrected chi connectivity index (χ0v) is 14.0. The molecule has 0 aromatic carbocycles. The molecule has 2 heterocycles. The molecule has 0 aliphatic carbocycles. The van der Waals surface area contributed by atoms with E-state index in [0.29, 0.717) is 24.5 Å². The molecule has 0 bridgehead atoms. The van der Waals surface area contributed by atoms with Crippen LogP contribution >= 0.6 is 0 Å². The van der Waals surface area contributed by atoms with Gasteiger partial charge in [-0.2, -0.15) is 4.31 Å². The van der Waals surface area contributed by atoms with Crippen molar-refractivity contribution >= 4 is 10.0 Å². The van der Waals surface area contributed by atoms with E-state index in [9.17, 15) is 8.42 Å². The van der Waals surface area contributed by atoms with E-state index in [-0.39, 0.29) is 0 Å². The fourth-order valence-electron chi connectivity index (χ4n) is 2.56. The van der Waals surface area contributed by atoms with Gasteiger partial charge in [0, 0.05) is 45.1 Å². The lowest BCUT2D eigenvalue weighted by Crippen LogP contribution is -2.34. The minimum atomic E-state index is -3.38. The molecule has 0 saturated carbocycles. The number of aromatic nitrogens is 1. The van der Waals surface area contributed by atoms with Crippen molar-refractivity contribution in [2.45, 2.75) is 24.8 Å². The summed E-state index contributed by atoms with van der Waals surface area (Å²) in [5.74, 6) is 0.